The topological polar surface area (TPSA) is 26.3 Å². The molecule has 0 aliphatic heterocycles. The molecule has 14 heavy (non-hydrogen) atoms. The van der Waals surface area contributed by atoms with Gasteiger partial charge in [0.1, 0.15) is 5.76 Å². The van der Waals surface area contributed by atoms with Crippen molar-refractivity contribution in [3.63, 3.8) is 0 Å². The molecule has 0 radical (unpaired) electrons. The van der Waals surface area contributed by atoms with Crippen LogP contribution in [-0.2, 0) is 9.53 Å². The average Bonchev–Trinajstić information content (AvgIpc) is 2.01. The lowest BCUT2D eigenvalue weighted by Gasteiger charge is -2.20. The van der Waals surface area contributed by atoms with Gasteiger partial charge in [0, 0.05) is 6.92 Å². The molecule has 1 aliphatic rings. The number of allylic oxidation sites excluding steroid dienone is 3. The van der Waals surface area contributed by atoms with Crippen LogP contribution in [0.15, 0.2) is 23.0 Å². The highest BCUT2D eigenvalue weighted by atomic mass is 16.5. The summed E-state index contributed by atoms with van der Waals surface area (Å²) >= 11 is 0. The maximum atomic E-state index is 10.9. The van der Waals surface area contributed by atoms with Gasteiger partial charge in [0.15, 0.2) is 0 Å². The molecule has 0 fully saturated rings. The molecule has 0 saturated carbocycles. The lowest BCUT2D eigenvalue weighted by atomic mass is 9.90. The Morgan fingerprint density at radius 2 is 2.07 bits per heavy atom. The van der Waals surface area contributed by atoms with Crippen LogP contribution >= 0.6 is 0 Å². The van der Waals surface area contributed by atoms with E-state index in [1.165, 1.54) is 18.1 Å². The second-order valence-corrected chi connectivity index (χ2v) is 4.13. The summed E-state index contributed by atoms with van der Waals surface area (Å²) in [7, 11) is 0. The van der Waals surface area contributed by atoms with Crippen LogP contribution in [0.1, 0.15) is 40.5 Å². The maximum absolute atomic E-state index is 10.9. The number of carbonyl (C=O) groups excluding carboxylic acids is 1. The van der Waals surface area contributed by atoms with E-state index in [-0.39, 0.29) is 5.97 Å². The Kier molecular flexibility index (Phi) is 3.50. The monoisotopic (exact) mass is 194 g/mol. The Labute approximate surface area is 85.6 Å². The first-order valence-electron chi connectivity index (χ1n) is 5.09. The summed E-state index contributed by atoms with van der Waals surface area (Å²) in [4.78, 5) is 10.9. The van der Waals surface area contributed by atoms with E-state index in [0.717, 1.165) is 18.6 Å². The van der Waals surface area contributed by atoms with Gasteiger partial charge >= 0.3 is 5.97 Å². The molecule has 0 amide bonds. The summed E-state index contributed by atoms with van der Waals surface area (Å²) in [5.74, 6) is 0.994. The Bertz CT molecular complexity index is 295. The van der Waals surface area contributed by atoms with E-state index in [1.54, 1.807) is 0 Å². The first kappa shape index (κ1) is 11.0. The molecule has 2 nitrogen and oxygen atoms in total. The predicted octanol–water partition coefficient (Wildman–Crippen LogP) is 3.20. The standard InChI is InChI=1S/C12H18O2/c1-8(2)11-6-5-9(3)7-12(11)14-10(4)13/h7-8H,5-6H2,1-4H3. The third-order valence-corrected chi connectivity index (χ3v) is 2.43. The largest absolute Gasteiger partial charge is 0.427 e. The van der Waals surface area contributed by atoms with Crippen molar-refractivity contribution >= 4 is 5.97 Å². The van der Waals surface area contributed by atoms with E-state index in [4.69, 9.17) is 4.74 Å². The Morgan fingerprint density at radius 1 is 1.43 bits per heavy atom. The number of esters is 1. The summed E-state index contributed by atoms with van der Waals surface area (Å²) in [5, 5.41) is 0. The summed E-state index contributed by atoms with van der Waals surface area (Å²) < 4.78 is 5.20. The van der Waals surface area contributed by atoms with E-state index < -0.39 is 0 Å². The van der Waals surface area contributed by atoms with Crippen molar-refractivity contribution < 1.29 is 9.53 Å². The van der Waals surface area contributed by atoms with Crippen molar-refractivity contribution in [1.29, 1.82) is 0 Å². The molecule has 0 N–H and O–H groups in total. The zero-order chi connectivity index (χ0) is 10.7. The molecular weight excluding hydrogens is 176 g/mol. The van der Waals surface area contributed by atoms with Crippen molar-refractivity contribution in [2.24, 2.45) is 5.92 Å². The number of rotatable bonds is 2. The quantitative estimate of drug-likeness (QED) is 0.631. The fraction of sp³-hybridized carbons (Fsp3) is 0.583. The van der Waals surface area contributed by atoms with Gasteiger partial charge in [0.25, 0.3) is 0 Å². The van der Waals surface area contributed by atoms with Gasteiger partial charge in [-0.15, -0.1) is 0 Å². The summed E-state index contributed by atoms with van der Waals surface area (Å²) in [6.07, 6.45) is 4.08. The smallest absolute Gasteiger partial charge is 0.308 e. The van der Waals surface area contributed by atoms with Crippen LogP contribution in [0.4, 0.5) is 0 Å². The third-order valence-electron chi connectivity index (χ3n) is 2.43. The summed E-state index contributed by atoms with van der Waals surface area (Å²) in [6, 6.07) is 0. The van der Waals surface area contributed by atoms with Crippen molar-refractivity contribution in [2.75, 3.05) is 0 Å². The SMILES string of the molecule is CC(=O)OC1=C(C(C)C)CCC(C)=C1. The van der Waals surface area contributed by atoms with Crippen LogP contribution in [0.2, 0.25) is 0 Å². The highest BCUT2D eigenvalue weighted by Gasteiger charge is 2.16. The molecule has 0 aromatic carbocycles. The molecular formula is C12H18O2. The van der Waals surface area contributed by atoms with Crippen LogP contribution in [0, 0.1) is 5.92 Å². The molecule has 0 atom stereocenters. The molecule has 0 aromatic rings. The van der Waals surface area contributed by atoms with Crippen molar-refractivity contribution in [1.82, 2.24) is 0 Å². The first-order valence-corrected chi connectivity index (χ1v) is 5.09. The van der Waals surface area contributed by atoms with Gasteiger partial charge in [0.2, 0.25) is 0 Å². The molecule has 0 spiro atoms. The van der Waals surface area contributed by atoms with Crippen LogP contribution < -0.4 is 0 Å². The molecule has 0 aromatic heterocycles. The minimum Gasteiger partial charge on any atom is -0.427 e. The molecule has 0 bridgehead atoms. The highest BCUT2D eigenvalue weighted by molar-refractivity contribution is 5.68. The van der Waals surface area contributed by atoms with Crippen molar-refractivity contribution in [3.05, 3.63) is 23.0 Å². The predicted molar refractivity (Wildman–Crippen MR) is 56.6 cm³/mol. The molecule has 0 unspecified atom stereocenters. The first-order chi connectivity index (χ1) is 6.50. The summed E-state index contributed by atoms with van der Waals surface area (Å²) in [5.41, 5.74) is 2.54. The molecule has 1 aliphatic carbocycles. The maximum Gasteiger partial charge on any atom is 0.308 e. The molecule has 1 rings (SSSR count). The third kappa shape index (κ3) is 2.72. The van der Waals surface area contributed by atoms with Crippen molar-refractivity contribution in [3.8, 4) is 0 Å². The fourth-order valence-electron chi connectivity index (χ4n) is 1.67. The second kappa shape index (κ2) is 4.45. The van der Waals surface area contributed by atoms with Gasteiger partial charge in [-0.25, -0.2) is 0 Å². The van der Waals surface area contributed by atoms with Crippen LogP contribution in [0.25, 0.3) is 0 Å². The van der Waals surface area contributed by atoms with Gasteiger partial charge in [-0.1, -0.05) is 19.4 Å². The number of ether oxygens (including phenoxy) is 1. The van der Waals surface area contributed by atoms with E-state index in [9.17, 15) is 4.79 Å². The Hall–Kier alpha value is -1.05. The van der Waals surface area contributed by atoms with E-state index in [2.05, 4.69) is 20.8 Å². The normalized spacial score (nSPS) is 17.1. The minimum absolute atomic E-state index is 0.232. The minimum atomic E-state index is -0.232. The van der Waals surface area contributed by atoms with Gasteiger partial charge in [-0.2, -0.15) is 0 Å². The van der Waals surface area contributed by atoms with Crippen LogP contribution in [0.3, 0.4) is 0 Å². The zero-order valence-electron chi connectivity index (χ0n) is 9.39. The lowest BCUT2D eigenvalue weighted by molar-refractivity contribution is -0.136. The van der Waals surface area contributed by atoms with Gasteiger partial charge < -0.3 is 4.74 Å². The number of hydrogen-bond acceptors (Lipinski definition) is 2. The van der Waals surface area contributed by atoms with Gasteiger partial charge in [-0.3, -0.25) is 4.79 Å². The fourth-order valence-corrected chi connectivity index (χ4v) is 1.67. The summed E-state index contributed by atoms with van der Waals surface area (Å²) in [6.45, 7) is 7.78. The van der Waals surface area contributed by atoms with Gasteiger partial charge in [-0.05, 0) is 37.3 Å². The zero-order valence-corrected chi connectivity index (χ0v) is 9.39. The molecule has 0 heterocycles. The Balaban J connectivity index is 2.95. The van der Waals surface area contributed by atoms with E-state index >= 15 is 0 Å². The number of hydrogen-bond donors (Lipinski definition) is 0. The Morgan fingerprint density at radius 3 is 2.57 bits per heavy atom. The molecule has 78 valence electrons. The van der Waals surface area contributed by atoms with Crippen LogP contribution in [-0.4, -0.2) is 5.97 Å². The van der Waals surface area contributed by atoms with E-state index in [0.29, 0.717) is 5.92 Å². The second-order valence-electron chi connectivity index (χ2n) is 4.13. The number of carbonyl (C=O) groups is 1. The van der Waals surface area contributed by atoms with Gasteiger partial charge in [0.05, 0.1) is 0 Å². The molecule has 0 saturated heterocycles. The molecule has 2 heteroatoms. The van der Waals surface area contributed by atoms with Crippen LogP contribution in [0.5, 0.6) is 0 Å². The lowest BCUT2D eigenvalue weighted by Crippen LogP contribution is -2.08. The highest BCUT2D eigenvalue weighted by Crippen LogP contribution is 2.29. The van der Waals surface area contributed by atoms with Crippen molar-refractivity contribution in [2.45, 2.75) is 40.5 Å². The average molecular weight is 194 g/mol. The van der Waals surface area contributed by atoms with E-state index in [1.807, 2.05) is 6.08 Å².